The van der Waals surface area contributed by atoms with E-state index in [4.69, 9.17) is 11.6 Å². The fourth-order valence-corrected chi connectivity index (χ4v) is 5.15. The number of unbranched alkanes of at least 4 members (excludes halogenated alkanes) is 1. The van der Waals surface area contributed by atoms with Gasteiger partial charge < -0.3 is 15.2 Å². The van der Waals surface area contributed by atoms with Crippen LogP contribution in [-0.4, -0.2) is 30.6 Å². The number of esters is 1. The first kappa shape index (κ1) is 21.8. The zero-order chi connectivity index (χ0) is 20.8. The van der Waals surface area contributed by atoms with E-state index in [-0.39, 0.29) is 30.3 Å². The van der Waals surface area contributed by atoms with Gasteiger partial charge >= 0.3 is 5.97 Å². The van der Waals surface area contributed by atoms with Crippen LogP contribution in [0.2, 0.25) is 5.02 Å². The number of halogens is 1. The minimum Gasteiger partial charge on any atom is -0.469 e. The van der Waals surface area contributed by atoms with Crippen LogP contribution in [0.3, 0.4) is 0 Å². The molecule has 0 saturated heterocycles. The number of allylic oxidation sites excluding steroid dienone is 2. The molecule has 0 spiro atoms. The van der Waals surface area contributed by atoms with Crippen molar-refractivity contribution in [3.8, 4) is 0 Å². The Hall–Kier alpha value is -1.85. The Morgan fingerprint density at radius 2 is 2.07 bits per heavy atom. The van der Waals surface area contributed by atoms with E-state index in [1.54, 1.807) is 12.1 Å². The van der Waals surface area contributed by atoms with E-state index in [1.807, 2.05) is 12.1 Å². The number of carbonyl (C=O) groups is 2. The molecular weight excluding hydrogens is 390 g/mol. The van der Waals surface area contributed by atoms with E-state index in [2.05, 4.69) is 22.2 Å². The second-order valence-corrected chi connectivity index (χ2v) is 8.52. The van der Waals surface area contributed by atoms with Crippen molar-refractivity contribution in [1.82, 2.24) is 5.32 Å². The smallest absolute Gasteiger partial charge is 0.305 e. The van der Waals surface area contributed by atoms with Crippen molar-refractivity contribution < 1.29 is 19.4 Å². The summed E-state index contributed by atoms with van der Waals surface area (Å²) in [6.07, 6.45) is 8.81. The van der Waals surface area contributed by atoms with Crippen molar-refractivity contribution in [2.24, 2.45) is 23.7 Å². The lowest BCUT2D eigenvalue weighted by Crippen LogP contribution is -2.39. The molecule has 1 aromatic rings. The molecule has 158 valence electrons. The van der Waals surface area contributed by atoms with E-state index in [9.17, 15) is 14.7 Å². The molecule has 29 heavy (non-hydrogen) atoms. The number of rotatable bonds is 9. The molecular formula is C23H30ClNO4. The topological polar surface area (TPSA) is 75.6 Å². The van der Waals surface area contributed by atoms with Crippen LogP contribution in [0.25, 0.3) is 0 Å². The molecule has 0 heterocycles. The van der Waals surface area contributed by atoms with Gasteiger partial charge in [0.2, 0.25) is 5.91 Å². The largest absolute Gasteiger partial charge is 0.469 e. The van der Waals surface area contributed by atoms with Gasteiger partial charge in [-0.3, -0.25) is 9.59 Å². The van der Waals surface area contributed by atoms with Gasteiger partial charge in [-0.1, -0.05) is 42.0 Å². The second kappa shape index (κ2) is 10.3. The van der Waals surface area contributed by atoms with Crippen molar-refractivity contribution in [2.45, 2.75) is 44.6 Å². The lowest BCUT2D eigenvalue weighted by Gasteiger charge is -2.28. The number of methoxy groups -OCH3 is 1. The summed E-state index contributed by atoms with van der Waals surface area (Å²) in [5.41, 5.74) is 0.629. The van der Waals surface area contributed by atoms with Crippen LogP contribution in [-0.2, 0) is 14.3 Å². The Morgan fingerprint density at radius 3 is 2.83 bits per heavy atom. The molecule has 2 aliphatic rings. The quantitative estimate of drug-likeness (QED) is 0.359. The fourth-order valence-electron chi connectivity index (χ4n) is 4.89. The van der Waals surface area contributed by atoms with Gasteiger partial charge in [0.05, 0.1) is 13.2 Å². The third-order valence-corrected chi connectivity index (χ3v) is 6.70. The number of amides is 1. The zero-order valence-corrected chi connectivity index (χ0v) is 17.6. The maximum absolute atomic E-state index is 12.9. The van der Waals surface area contributed by atoms with Crippen molar-refractivity contribution in [2.75, 3.05) is 13.7 Å². The standard InChI is InChI=1S/C23H30ClNO4/c1-29-21(27)10-4-2-3-7-17-15-11-12-16(13-15)22(17)23(28)25-14-20(26)18-8-5-6-9-19(18)24/h3,5-9,15-17,20,22,26H,2,4,10-14H2,1H3,(H,25,28). The number of benzene rings is 1. The van der Waals surface area contributed by atoms with E-state index in [1.165, 1.54) is 13.5 Å². The van der Waals surface area contributed by atoms with Crippen LogP contribution < -0.4 is 5.32 Å². The first-order chi connectivity index (χ1) is 14.0. The molecule has 1 aromatic carbocycles. The van der Waals surface area contributed by atoms with Gasteiger partial charge in [0.15, 0.2) is 0 Å². The van der Waals surface area contributed by atoms with Crippen molar-refractivity contribution in [3.05, 3.63) is 47.0 Å². The highest BCUT2D eigenvalue weighted by Gasteiger charge is 2.49. The molecule has 2 bridgehead atoms. The molecule has 3 rings (SSSR count). The Bertz CT molecular complexity index is 750. The Kier molecular flexibility index (Phi) is 7.73. The summed E-state index contributed by atoms with van der Waals surface area (Å²) in [6, 6.07) is 7.15. The SMILES string of the molecule is COC(=O)CCCC=CC1C2CCC(C2)C1C(=O)NCC(O)c1ccccc1Cl. The Labute approximate surface area is 177 Å². The van der Waals surface area contributed by atoms with Crippen LogP contribution in [0, 0.1) is 23.7 Å². The number of fused-ring (bicyclic) bond motifs is 2. The maximum atomic E-state index is 12.9. The van der Waals surface area contributed by atoms with Gasteiger partial charge in [-0.05, 0) is 55.9 Å². The summed E-state index contributed by atoms with van der Waals surface area (Å²) in [5.74, 6) is 1.01. The van der Waals surface area contributed by atoms with E-state index in [0.717, 1.165) is 25.7 Å². The molecule has 2 fully saturated rings. The number of aliphatic hydroxyl groups is 1. The number of ether oxygens (including phenoxy) is 1. The summed E-state index contributed by atoms with van der Waals surface area (Å²) < 4.78 is 4.66. The molecule has 2 aliphatic carbocycles. The molecule has 5 atom stereocenters. The Balaban J connectivity index is 1.54. The van der Waals surface area contributed by atoms with E-state index in [0.29, 0.717) is 28.8 Å². The van der Waals surface area contributed by atoms with Gasteiger partial charge in [-0.2, -0.15) is 0 Å². The maximum Gasteiger partial charge on any atom is 0.305 e. The van der Waals surface area contributed by atoms with Crippen LogP contribution in [0.5, 0.6) is 0 Å². The predicted octanol–water partition coefficient (Wildman–Crippen LogP) is 4.05. The van der Waals surface area contributed by atoms with Crippen LogP contribution in [0.1, 0.15) is 50.2 Å². The van der Waals surface area contributed by atoms with Crippen LogP contribution >= 0.6 is 11.6 Å². The molecule has 2 N–H and O–H groups in total. The number of nitrogens with one attached hydrogen (secondary N) is 1. The molecule has 1 amide bonds. The highest BCUT2D eigenvalue weighted by molar-refractivity contribution is 6.31. The molecule has 2 saturated carbocycles. The van der Waals surface area contributed by atoms with Crippen molar-refractivity contribution in [3.63, 3.8) is 0 Å². The predicted molar refractivity (Wildman–Crippen MR) is 112 cm³/mol. The van der Waals surface area contributed by atoms with Crippen LogP contribution in [0.4, 0.5) is 0 Å². The van der Waals surface area contributed by atoms with Crippen LogP contribution in [0.15, 0.2) is 36.4 Å². The molecule has 5 nitrogen and oxygen atoms in total. The highest BCUT2D eigenvalue weighted by Crippen LogP contribution is 2.53. The normalized spacial score (nSPS) is 26.6. The summed E-state index contributed by atoms with van der Waals surface area (Å²) in [5, 5.41) is 13.9. The van der Waals surface area contributed by atoms with Gasteiger partial charge in [-0.25, -0.2) is 0 Å². The number of hydrogen-bond donors (Lipinski definition) is 2. The monoisotopic (exact) mass is 419 g/mol. The first-order valence-corrected chi connectivity index (χ1v) is 10.8. The molecule has 6 heteroatoms. The number of hydrogen-bond acceptors (Lipinski definition) is 4. The average molecular weight is 420 g/mol. The van der Waals surface area contributed by atoms with Crippen molar-refractivity contribution in [1.29, 1.82) is 0 Å². The summed E-state index contributed by atoms with van der Waals surface area (Å²) in [7, 11) is 1.40. The van der Waals surface area contributed by atoms with Gasteiger partial charge in [0, 0.05) is 29.5 Å². The third kappa shape index (κ3) is 5.40. The lowest BCUT2D eigenvalue weighted by molar-refractivity contribution is -0.140. The second-order valence-electron chi connectivity index (χ2n) is 8.12. The van der Waals surface area contributed by atoms with Crippen molar-refractivity contribution >= 4 is 23.5 Å². The number of aliphatic hydroxyl groups excluding tert-OH is 1. The fraction of sp³-hybridized carbons (Fsp3) is 0.565. The molecule has 0 radical (unpaired) electrons. The summed E-state index contributed by atoms with van der Waals surface area (Å²) >= 11 is 6.14. The zero-order valence-electron chi connectivity index (χ0n) is 16.9. The minimum atomic E-state index is -0.821. The average Bonchev–Trinajstić information content (AvgIpc) is 3.33. The Morgan fingerprint density at radius 1 is 1.31 bits per heavy atom. The highest BCUT2D eigenvalue weighted by atomic mass is 35.5. The van der Waals surface area contributed by atoms with Gasteiger partial charge in [0.25, 0.3) is 0 Å². The first-order valence-electron chi connectivity index (χ1n) is 10.4. The third-order valence-electron chi connectivity index (χ3n) is 6.35. The van der Waals surface area contributed by atoms with E-state index >= 15 is 0 Å². The molecule has 5 unspecified atom stereocenters. The molecule has 0 aromatic heterocycles. The minimum absolute atomic E-state index is 0.0208. The van der Waals surface area contributed by atoms with Gasteiger partial charge in [0.1, 0.15) is 0 Å². The molecule has 0 aliphatic heterocycles. The summed E-state index contributed by atoms with van der Waals surface area (Å²) in [4.78, 5) is 24.1. The number of carbonyl (C=O) groups excluding carboxylic acids is 2. The van der Waals surface area contributed by atoms with E-state index < -0.39 is 6.10 Å². The lowest BCUT2D eigenvalue weighted by atomic mass is 9.78. The summed E-state index contributed by atoms with van der Waals surface area (Å²) in [6.45, 7) is 0.159. The van der Waals surface area contributed by atoms with Gasteiger partial charge in [-0.15, -0.1) is 0 Å².